The number of carboxylic acid groups (broad SMARTS) is 1. The van der Waals surface area contributed by atoms with E-state index in [9.17, 15) is 9.59 Å². The first-order valence-electron chi connectivity index (χ1n) is 8.13. The Balaban J connectivity index is 1.71. The van der Waals surface area contributed by atoms with Gasteiger partial charge in [0.25, 0.3) is 5.91 Å². The molecule has 0 bridgehead atoms. The standard InChI is InChI=1S/C16H19N5O4/c1-9(2)14-19-13(20-25-14)10-4-3-5-21(8-10)15(22)11-6-18-12(7-17-11)16(23)24/h6-7,9-10H,3-5,8H2,1-2H3,(H,23,24). The highest BCUT2D eigenvalue weighted by molar-refractivity contribution is 5.92. The van der Waals surface area contributed by atoms with Crippen LogP contribution in [0.3, 0.4) is 0 Å². The van der Waals surface area contributed by atoms with Gasteiger partial charge in [-0.1, -0.05) is 19.0 Å². The molecular weight excluding hydrogens is 326 g/mol. The highest BCUT2D eigenvalue weighted by Gasteiger charge is 2.29. The predicted molar refractivity (Wildman–Crippen MR) is 85.3 cm³/mol. The van der Waals surface area contributed by atoms with Crippen molar-refractivity contribution in [1.29, 1.82) is 0 Å². The lowest BCUT2D eigenvalue weighted by Crippen LogP contribution is -2.39. The lowest BCUT2D eigenvalue weighted by atomic mass is 9.97. The lowest BCUT2D eigenvalue weighted by molar-refractivity contribution is 0.0676. The number of aromatic nitrogens is 4. The molecule has 1 amide bonds. The Labute approximate surface area is 144 Å². The number of piperidine rings is 1. The zero-order valence-corrected chi connectivity index (χ0v) is 14.0. The van der Waals surface area contributed by atoms with E-state index in [-0.39, 0.29) is 29.1 Å². The third-order valence-corrected chi connectivity index (χ3v) is 4.12. The molecule has 1 unspecified atom stereocenters. The smallest absolute Gasteiger partial charge is 0.356 e. The summed E-state index contributed by atoms with van der Waals surface area (Å²) in [6, 6.07) is 0. The topological polar surface area (TPSA) is 122 Å². The van der Waals surface area contributed by atoms with Crippen LogP contribution in [0.5, 0.6) is 0 Å². The molecule has 132 valence electrons. The van der Waals surface area contributed by atoms with Crippen LogP contribution in [0.15, 0.2) is 16.9 Å². The van der Waals surface area contributed by atoms with Crippen molar-refractivity contribution in [3.05, 3.63) is 35.5 Å². The molecule has 0 aliphatic carbocycles. The Bertz CT molecular complexity index is 771. The molecule has 1 saturated heterocycles. The van der Waals surface area contributed by atoms with Gasteiger partial charge in [-0.3, -0.25) is 4.79 Å². The molecule has 1 fully saturated rings. The minimum Gasteiger partial charge on any atom is -0.476 e. The first kappa shape index (κ1) is 17.0. The summed E-state index contributed by atoms with van der Waals surface area (Å²) in [5.41, 5.74) is -0.0669. The number of aromatic carboxylic acids is 1. The Morgan fingerprint density at radius 3 is 2.60 bits per heavy atom. The normalized spacial score (nSPS) is 17.7. The molecule has 1 atom stereocenters. The van der Waals surface area contributed by atoms with Crippen LogP contribution >= 0.6 is 0 Å². The molecule has 9 heteroatoms. The summed E-state index contributed by atoms with van der Waals surface area (Å²) in [4.78, 5) is 37.1. The first-order chi connectivity index (χ1) is 12.0. The number of hydrogen-bond acceptors (Lipinski definition) is 7. The third-order valence-electron chi connectivity index (χ3n) is 4.12. The van der Waals surface area contributed by atoms with Gasteiger partial charge in [-0.2, -0.15) is 4.98 Å². The van der Waals surface area contributed by atoms with Crippen molar-refractivity contribution in [3.63, 3.8) is 0 Å². The molecule has 1 N–H and O–H groups in total. The van der Waals surface area contributed by atoms with Gasteiger partial charge >= 0.3 is 5.97 Å². The van der Waals surface area contributed by atoms with E-state index in [1.54, 1.807) is 4.90 Å². The summed E-state index contributed by atoms with van der Waals surface area (Å²) in [6.45, 7) is 5.03. The Morgan fingerprint density at radius 2 is 2.00 bits per heavy atom. The molecule has 9 nitrogen and oxygen atoms in total. The van der Waals surface area contributed by atoms with E-state index in [0.717, 1.165) is 19.0 Å². The summed E-state index contributed by atoms with van der Waals surface area (Å²) in [5.74, 6) is -0.0720. The molecule has 1 aliphatic rings. The fourth-order valence-electron chi connectivity index (χ4n) is 2.73. The average molecular weight is 345 g/mol. The first-order valence-corrected chi connectivity index (χ1v) is 8.13. The second kappa shape index (κ2) is 6.96. The fourth-order valence-corrected chi connectivity index (χ4v) is 2.73. The van der Waals surface area contributed by atoms with Gasteiger partial charge in [0.2, 0.25) is 5.89 Å². The Kier molecular flexibility index (Phi) is 4.73. The minimum atomic E-state index is -1.18. The SMILES string of the molecule is CC(C)c1nc(C2CCCN(C(=O)c3cnc(C(=O)O)cn3)C2)no1. The van der Waals surface area contributed by atoms with E-state index in [1.807, 2.05) is 13.8 Å². The maximum Gasteiger partial charge on any atom is 0.356 e. The van der Waals surface area contributed by atoms with Crippen molar-refractivity contribution in [2.24, 2.45) is 0 Å². The van der Waals surface area contributed by atoms with Gasteiger partial charge in [-0.05, 0) is 12.8 Å². The van der Waals surface area contributed by atoms with E-state index < -0.39 is 5.97 Å². The van der Waals surface area contributed by atoms with E-state index in [2.05, 4.69) is 20.1 Å². The number of carbonyl (C=O) groups excluding carboxylic acids is 1. The van der Waals surface area contributed by atoms with Gasteiger partial charge in [-0.15, -0.1) is 0 Å². The van der Waals surface area contributed by atoms with E-state index in [0.29, 0.717) is 24.8 Å². The molecule has 0 spiro atoms. The molecule has 1 aliphatic heterocycles. The minimum absolute atomic E-state index is 0.0141. The highest BCUT2D eigenvalue weighted by Crippen LogP contribution is 2.26. The van der Waals surface area contributed by atoms with Crippen molar-refractivity contribution in [2.75, 3.05) is 13.1 Å². The summed E-state index contributed by atoms with van der Waals surface area (Å²) < 4.78 is 5.25. The summed E-state index contributed by atoms with van der Waals surface area (Å²) in [5, 5.41) is 12.9. The zero-order valence-electron chi connectivity index (χ0n) is 14.0. The average Bonchev–Trinajstić information content (AvgIpc) is 3.12. The van der Waals surface area contributed by atoms with Gasteiger partial charge < -0.3 is 14.5 Å². The summed E-state index contributed by atoms with van der Waals surface area (Å²) in [7, 11) is 0. The van der Waals surface area contributed by atoms with E-state index in [1.165, 1.54) is 6.20 Å². The Hall–Kier alpha value is -2.84. The van der Waals surface area contributed by atoms with Crippen molar-refractivity contribution in [2.45, 2.75) is 38.5 Å². The van der Waals surface area contributed by atoms with Gasteiger partial charge in [-0.25, -0.2) is 14.8 Å². The number of carbonyl (C=O) groups is 2. The maximum absolute atomic E-state index is 12.6. The highest BCUT2D eigenvalue weighted by atomic mass is 16.5. The molecule has 0 saturated carbocycles. The van der Waals surface area contributed by atoms with Crippen molar-refractivity contribution in [3.8, 4) is 0 Å². The molecule has 3 heterocycles. The monoisotopic (exact) mass is 345 g/mol. The van der Waals surface area contributed by atoms with Crippen LogP contribution in [-0.2, 0) is 0 Å². The van der Waals surface area contributed by atoms with Crippen LogP contribution in [0.25, 0.3) is 0 Å². The quantitative estimate of drug-likeness (QED) is 0.888. The lowest BCUT2D eigenvalue weighted by Gasteiger charge is -2.30. The largest absolute Gasteiger partial charge is 0.476 e. The van der Waals surface area contributed by atoms with Crippen LogP contribution in [-0.4, -0.2) is 55.1 Å². The van der Waals surface area contributed by atoms with Gasteiger partial charge in [0, 0.05) is 24.9 Å². The maximum atomic E-state index is 12.6. The van der Waals surface area contributed by atoms with E-state index in [4.69, 9.17) is 9.63 Å². The van der Waals surface area contributed by atoms with Crippen LogP contribution in [0, 0.1) is 0 Å². The summed E-state index contributed by atoms with van der Waals surface area (Å²) in [6.07, 6.45) is 3.98. The number of rotatable bonds is 4. The molecule has 2 aromatic rings. The van der Waals surface area contributed by atoms with Gasteiger partial charge in [0.15, 0.2) is 11.5 Å². The van der Waals surface area contributed by atoms with Crippen molar-refractivity contribution >= 4 is 11.9 Å². The van der Waals surface area contributed by atoms with Gasteiger partial charge in [0.1, 0.15) is 5.69 Å². The third kappa shape index (κ3) is 3.65. The summed E-state index contributed by atoms with van der Waals surface area (Å²) >= 11 is 0. The van der Waals surface area contributed by atoms with Crippen LogP contribution in [0.1, 0.15) is 71.2 Å². The molecule has 25 heavy (non-hydrogen) atoms. The van der Waals surface area contributed by atoms with Crippen molar-refractivity contribution in [1.82, 2.24) is 25.0 Å². The number of nitrogens with zero attached hydrogens (tertiary/aromatic N) is 5. The Morgan fingerprint density at radius 1 is 1.28 bits per heavy atom. The number of likely N-dealkylation sites (tertiary alicyclic amines) is 1. The molecule has 3 rings (SSSR count). The van der Waals surface area contributed by atoms with Crippen LogP contribution in [0.4, 0.5) is 0 Å². The number of amides is 1. The van der Waals surface area contributed by atoms with Crippen molar-refractivity contribution < 1.29 is 19.2 Å². The van der Waals surface area contributed by atoms with Crippen LogP contribution in [0.2, 0.25) is 0 Å². The molecule has 0 radical (unpaired) electrons. The second-order valence-corrected chi connectivity index (χ2v) is 6.33. The zero-order chi connectivity index (χ0) is 18.0. The molecular formula is C16H19N5O4. The number of carboxylic acids is 1. The number of hydrogen-bond donors (Lipinski definition) is 1. The van der Waals surface area contributed by atoms with Crippen LogP contribution < -0.4 is 0 Å². The second-order valence-electron chi connectivity index (χ2n) is 6.33. The predicted octanol–water partition coefficient (Wildman–Crippen LogP) is 1.70. The molecule has 2 aromatic heterocycles. The van der Waals surface area contributed by atoms with E-state index >= 15 is 0 Å². The molecule has 0 aromatic carbocycles. The van der Waals surface area contributed by atoms with Gasteiger partial charge in [0.05, 0.1) is 12.4 Å². The fraction of sp³-hybridized carbons (Fsp3) is 0.500.